The number of nitrogens with zero attached hydrogens (tertiary/aromatic N) is 2. The Morgan fingerprint density at radius 1 is 1.56 bits per heavy atom. The standard InChI is InChI=1S/C3H3BCl2N2O/c1-2-4-8(6)3(9)7(2)5/h4H,1H2. The zero-order valence-electron chi connectivity index (χ0n) is 4.47. The molecule has 0 aliphatic carbocycles. The van der Waals surface area contributed by atoms with Crippen molar-refractivity contribution in [3.8, 4) is 0 Å². The highest BCUT2D eigenvalue weighted by Crippen LogP contribution is 2.18. The molecule has 1 heterocycles. The fourth-order valence-electron chi connectivity index (χ4n) is 0.520. The molecule has 0 aromatic rings. The summed E-state index contributed by atoms with van der Waals surface area (Å²) in [6.45, 7) is 3.48. The number of rotatable bonds is 0. The number of carbonyl (C=O) groups is 1. The van der Waals surface area contributed by atoms with Crippen LogP contribution in [0.15, 0.2) is 12.2 Å². The number of halogens is 2. The van der Waals surface area contributed by atoms with Crippen molar-refractivity contribution in [2.24, 2.45) is 0 Å². The average Bonchev–Trinajstić information content (AvgIpc) is 1.98. The van der Waals surface area contributed by atoms with Gasteiger partial charge in [-0.2, -0.15) is 0 Å². The minimum atomic E-state index is -0.441. The number of urea groups is 1. The molecule has 0 aromatic carbocycles. The van der Waals surface area contributed by atoms with E-state index >= 15 is 0 Å². The molecule has 0 radical (unpaired) electrons. The Kier molecular flexibility index (Phi) is 1.59. The van der Waals surface area contributed by atoms with Crippen molar-refractivity contribution in [3.63, 3.8) is 0 Å². The van der Waals surface area contributed by atoms with Crippen molar-refractivity contribution in [1.29, 1.82) is 0 Å². The SMILES string of the molecule is C=C1BN(Cl)C(=O)N1Cl. The van der Waals surface area contributed by atoms with Crippen LogP contribution in [0.1, 0.15) is 0 Å². The minimum Gasteiger partial charge on any atom is -0.279 e. The van der Waals surface area contributed by atoms with Gasteiger partial charge >= 0.3 is 13.4 Å². The van der Waals surface area contributed by atoms with Gasteiger partial charge in [0.1, 0.15) is 0 Å². The van der Waals surface area contributed by atoms with Crippen molar-refractivity contribution in [3.05, 3.63) is 12.2 Å². The molecular formula is C3H3BCl2N2O. The van der Waals surface area contributed by atoms with Gasteiger partial charge in [0, 0.05) is 29.1 Å². The summed E-state index contributed by atoms with van der Waals surface area (Å²) in [7, 11) is 0.296. The van der Waals surface area contributed by atoms with Crippen LogP contribution in [0.4, 0.5) is 4.79 Å². The molecule has 0 spiro atoms. The zero-order valence-corrected chi connectivity index (χ0v) is 5.98. The molecule has 3 nitrogen and oxygen atoms in total. The summed E-state index contributed by atoms with van der Waals surface area (Å²) < 4.78 is 1.86. The first-order valence-electron chi connectivity index (χ1n) is 2.24. The lowest BCUT2D eigenvalue weighted by atomic mass is 9.93. The second kappa shape index (κ2) is 2.12. The summed E-state index contributed by atoms with van der Waals surface area (Å²) in [5, 5.41) is 0. The molecule has 48 valence electrons. The quantitative estimate of drug-likeness (QED) is 0.385. The molecule has 0 saturated carbocycles. The van der Waals surface area contributed by atoms with E-state index in [4.69, 9.17) is 23.6 Å². The first-order chi connectivity index (χ1) is 4.13. The van der Waals surface area contributed by atoms with Crippen LogP contribution in [0.25, 0.3) is 0 Å². The number of hydrogen-bond donors (Lipinski definition) is 0. The maximum Gasteiger partial charge on any atom is 0.340 e. The molecule has 0 bridgehead atoms. The Morgan fingerprint density at radius 2 is 2.11 bits per heavy atom. The van der Waals surface area contributed by atoms with Crippen molar-refractivity contribution in [1.82, 2.24) is 8.75 Å². The lowest BCUT2D eigenvalue weighted by molar-refractivity contribution is 0.230. The topological polar surface area (TPSA) is 23.6 Å². The zero-order chi connectivity index (χ0) is 7.02. The summed E-state index contributed by atoms with van der Waals surface area (Å²) in [5.41, 5.74) is 0.497. The number of hydrogen-bond acceptors (Lipinski definition) is 1. The van der Waals surface area contributed by atoms with E-state index in [9.17, 15) is 4.79 Å². The molecule has 0 aromatic heterocycles. The molecule has 0 atom stereocenters. The van der Waals surface area contributed by atoms with Crippen molar-refractivity contribution in [2.45, 2.75) is 0 Å². The number of amides is 2. The van der Waals surface area contributed by atoms with Gasteiger partial charge < -0.3 is 0 Å². The van der Waals surface area contributed by atoms with Gasteiger partial charge in [0.2, 0.25) is 0 Å². The van der Waals surface area contributed by atoms with Gasteiger partial charge in [-0.3, -0.25) is 4.33 Å². The molecule has 0 N–H and O–H groups in total. The molecule has 2 amide bonds. The van der Waals surface area contributed by atoms with Crippen LogP contribution in [-0.4, -0.2) is 22.2 Å². The summed E-state index contributed by atoms with van der Waals surface area (Å²) in [6.07, 6.45) is 0. The third-order valence-corrected chi connectivity index (χ3v) is 1.62. The molecule has 1 aliphatic heterocycles. The van der Waals surface area contributed by atoms with E-state index in [0.29, 0.717) is 13.0 Å². The Bertz CT molecular complexity index is 173. The van der Waals surface area contributed by atoms with E-state index in [1.54, 1.807) is 0 Å². The maximum atomic E-state index is 10.6. The smallest absolute Gasteiger partial charge is 0.279 e. The fourth-order valence-corrected chi connectivity index (χ4v) is 0.917. The van der Waals surface area contributed by atoms with Crippen LogP contribution in [0.3, 0.4) is 0 Å². The molecule has 1 rings (SSSR count). The van der Waals surface area contributed by atoms with E-state index in [-0.39, 0.29) is 0 Å². The van der Waals surface area contributed by atoms with E-state index < -0.39 is 6.03 Å². The van der Waals surface area contributed by atoms with E-state index in [2.05, 4.69) is 6.58 Å². The fraction of sp³-hybridized carbons (Fsp3) is 0. The Morgan fingerprint density at radius 3 is 2.22 bits per heavy atom. The number of carbonyl (C=O) groups excluding carboxylic acids is 1. The second-order valence-electron chi connectivity index (χ2n) is 1.65. The van der Waals surface area contributed by atoms with Gasteiger partial charge in [-0.1, -0.05) is 6.58 Å². The lowest BCUT2D eigenvalue weighted by Crippen LogP contribution is -2.18. The average molecular weight is 165 g/mol. The van der Waals surface area contributed by atoms with E-state index in [0.717, 1.165) is 8.75 Å². The van der Waals surface area contributed by atoms with Gasteiger partial charge in [-0.15, -0.1) is 0 Å². The van der Waals surface area contributed by atoms with Gasteiger partial charge in [-0.25, -0.2) is 9.21 Å². The van der Waals surface area contributed by atoms with Crippen molar-refractivity contribution < 1.29 is 4.79 Å². The largest absolute Gasteiger partial charge is 0.340 e. The molecule has 0 unspecified atom stereocenters. The maximum absolute atomic E-state index is 10.6. The first kappa shape index (κ1) is 6.77. The summed E-state index contributed by atoms with van der Waals surface area (Å²) in [4.78, 5) is 10.6. The highest BCUT2D eigenvalue weighted by atomic mass is 35.5. The second-order valence-corrected chi connectivity index (χ2v) is 2.40. The monoisotopic (exact) mass is 164 g/mol. The Hall–Kier alpha value is -0.345. The van der Waals surface area contributed by atoms with Gasteiger partial charge in [0.25, 0.3) is 0 Å². The predicted octanol–water partition coefficient (Wildman–Crippen LogP) is 0.854. The van der Waals surface area contributed by atoms with Crippen LogP contribution in [-0.2, 0) is 0 Å². The third kappa shape index (κ3) is 0.999. The Balaban J connectivity index is 2.77. The Labute approximate surface area is 63.3 Å². The normalized spacial score (nSPS) is 18.9. The minimum absolute atomic E-state index is 0.296. The van der Waals surface area contributed by atoms with Gasteiger partial charge in [-0.05, 0) is 0 Å². The first-order valence-corrected chi connectivity index (χ1v) is 2.91. The predicted molar refractivity (Wildman–Crippen MR) is 37.1 cm³/mol. The lowest BCUT2D eigenvalue weighted by Gasteiger charge is -2.03. The molecule has 6 heteroatoms. The van der Waals surface area contributed by atoms with Gasteiger partial charge in [0.05, 0.1) is 0 Å². The van der Waals surface area contributed by atoms with Gasteiger partial charge in [0.15, 0.2) is 0 Å². The highest BCUT2D eigenvalue weighted by molar-refractivity contribution is 6.61. The molecule has 1 saturated heterocycles. The third-order valence-electron chi connectivity index (χ3n) is 0.974. The van der Waals surface area contributed by atoms with Crippen LogP contribution in [0.2, 0.25) is 0 Å². The van der Waals surface area contributed by atoms with Crippen LogP contribution >= 0.6 is 23.6 Å². The van der Waals surface area contributed by atoms with E-state index in [1.807, 2.05) is 0 Å². The highest BCUT2D eigenvalue weighted by Gasteiger charge is 2.30. The summed E-state index contributed by atoms with van der Waals surface area (Å²) in [5.74, 6) is 0. The van der Waals surface area contributed by atoms with Crippen LogP contribution in [0.5, 0.6) is 0 Å². The molecule has 1 fully saturated rings. The van der Waals surface area contributed by atoms with Crippen molar-refractivity contribution >= 4 is 37.0 Å². The van der Waals surface area contributed by atoms with E-state index in [1.165, 1.54) is 0 Å². The van der Waals surface area contributed by atoms with Crippen LogP contribution < -0.4 is 0 Å². The molecule has 9 heavy (non-hydrogen) atoms. The van der Waals surface area contributed by atoms with Crippen LogP contribution in [0, 0.1) is 0 Å². The molecular weight excluding hydrogens is 162 g/mol. The van der Waals surface area contributed by atoms with Crippen molar-refractivity contribution in [2.75, 3.05) is 0 Å². The molecule has 1 aliphatic rings. The summed E-state index contributed by atoms with van der Waals surface area (Å²) in [6, 6.07) is -0.441. The summed E-state index contributed by atoms with van der Waals surface area (Å²) >= 11 is 10.7.